The van der Waals surface area contributed by atoms with Crippen molar-refractivity contribution in [2.45, 2.75) is 77.9 Å². The van der Waals surface area contributed by atoms with E-state index in [0.29, 0.717) is 5.92 Å². The second-order valence-electron chi connectivity index (χ2n) is 11.0. The molecule has 1 aliphatic rings. The number of nitrogens with zero attached hydrogens (tertiary/aromatic N) is 2. The molecule has 5 nitrogen and oxygen atoms in total. The van der Waals surface area contributed by atoms with Gasteiger partial charge in [0.15, 0.2) is 0 Å². The molecule has 1 aliphatic heterocycles. The number of carbonyl (C=O) groups excluding carboxylic acids is 1. The maximum absolute atomic E-state index is 13.5. The van der Waals surface area contributed by atoms with Gasteiger partial charge < -0.3 is 16.4 Å². The SMILES string of the molecule is CC1CCN(CCc2ccccc2)C(=O)[C@H]1N(C)C(C)c1cccc2ccccc12.CCC(C)(N)CC.CN. The minimum atomic E-state index is -0.0801. The lowest BCUT2D eigenvalue weighted by Gasteiger charge is -2.43. The molecule has 4 N–H and O–H groups in total. The fraction of sp³-hybridized carbons (Fsp3) is 0.500. The van der Waals surface area contributed by atoms with Crippen molar-refractivity contribution in [3.05, 3.63) is 83.9 Å². The Morgan fingerprint density at radius 2 is 1.56 bits per heavy atom. The van der Waals surface area contributed by atoms with Gasteiger partial charge in [-0.3, -0.25) is 9.69 Å². The Labute approximate surface area is 237 Å². The summed E-state index contributed by atoms with van der Waals surface area (Å²) in [7, 11) is 3.62. The highest BCUT2D eigenvalue weighted by Gasteiger charge is 2.38. The molecular formula is C34H52N4O. The molecule has 3 aromatic carbocycles. The van der Waals surface area contributed by atoms with E-state index < -0.39 is 0 Å². The third-order valence-electron chi connectivity index (χ3n) is 8.41. The largest absolute Gasteiger partial charge is 0.341 e. The topological polar surface area (TPSA) is 75.6 Å². The quantitative estimate of drug-likeness (QED) is 0.351. The Morgan fingerprint density at radius 3 is 2.18 bits per heavy atom. The first-order chi connectivity index (χ1) is 18.7. The Morgan fingerprint density at radius 1 is 0.974 bits per heavy atom. The van der Waals surface area contributed by atoms with Gasteiger partial charge in [0, 0.05) is 24.7 Å². The molecule has 3 atom stereocenters. The molecule has 0 aliphatic carbocycles. The van der Waals surface area contributed by atoms with E-state index in [1.807, 2.05) is 6.07 Å². The van der Waals surface area contributed by atoms with Gasteiger partial charge in [-0.2, -0.15) is 0 Å². The van der Waals surface area contributed by atoms with Crippen LogP contribution in [0.25, 0.3) is 10.8 Å². The van der Waals surface area contributed by atoms with Gasteiger partial charge in [-0.05, 0) is 81.4 Å². The molecule has 0 bridgehead atoms. The molecule has 0 spiro atoms. The molecule has 5 heteroatoms. The van der Waals surface area contributed by atoms with Crippen LogP contribution in [0, 0.1) is 5.92 Å². The minimum absolute atomic E-state index is 0.0801. The molecule has 2 unspecified atom stereocenters. The van der Waals surface area contributed by atoms with Crippen molar-refractivity contribution in [2.24, 2.45) is 17.4 Å². The number of likely N-dealkylation sites (tertiary alicyclic amines) is 1. The average molecular weight is 533 g/mol. The van der Waals surface area contributed by atoms with Crippen molar-refractivity contribution in [1.29, 1.82) is 0 Å². The molecule has 1 fully saturated rings. The summed E-state index contributed by atoms with van der Waals surface area (Å²) >= 11 is 0. The zero-order valence-electron chi connectivity index (χ0n) is 25.4. The highest BCUT2D eigenvalue weighted by atomic mass is 16.2. The summed E-state index contributed by atoms with van der Waals surface area (Å²) in [6.07, 6.45) is 4.11. The van der Waals surface area contributed by atoms with E-state index in [1.54, 1.807) is 0 Å². The number of hydrogen-bond acceptors (Lipinski definition) is 4. The molecular weight excluding hydrogens is 480 g/mol. The number of likely N-dealkylation sites (N-methyl/N-ethyl adjacent to an activating group) is 1. The summed E-state index contributed by atoms with van der Waals surface area (Å²) in [6, 6.07) is 25.6. The summed E-state index contributed by atoms with van der Waals surface area (Å²) < 4.78 is 0. The van der Waals surface area contributed by atoms with Gasteiger partial charge >= 0.3 is 0 Å². The van der Waals surface area contributed by atoms with E-state index in [4.69, 9.17) is 5.73 Å². The molecule has 1 saturated heterocycles. The number of amides is 1. The van der Waals surface area contributed by atoms with Crippen LogP contribution in [-0.4, -0.2) is 54.5 Å². The van der Waals surface area contributed by atoms with E-state index in [1.165, 1.54) is 28.9 Å². The zero-order chi connectivity index (χ0) is 29.0. The Kier molecular flexibility index (Phi) is 13.1. The average Bonchev–Trinajstić information content (AvgIpc) is 2.98. The van der Waals surface area contributed by atoms with E-state index in [9.17, 15) is 4.79 Å². The van der Waals surface area contributed by atoms with E-state index in [-0.39, 0.29) is 23.5 Å². The first-order valence-electron chi connectivity index (χ1n) is 14.6. The van der Waals surface area contributed by atoms with Crippen molar-refractivity contribution in [1.82, 2.24) is 9.80 Å². The van der Waals surface area contributed by atoms with Crippen LogP contribution in [0.3, 0.4) is 0 Å². The van der Waals surface area contributed by atoms with E-state index >= 15 is 0 Å². The lowest BCUT2D eigenvalue weighted by molar-refractivity contribution is -0.143. The maximum Gasteiger partial charge on any atom is 0.240 e. The number of hydrogen-bond donors (Lipinski definition) is 2. The third-order valence-corrected chi connectivity index (χ3v) is 8.41. The Hall–Kier alpha value is -2.73. The van der Waals surface area contributed by atoms with Gasteiger partial charge in [0.1, 0.15) is 0 Å². The molecule has 0 radical (unpaired) electrons. The molecule has 3 aromatic rings. The second kappa shape index (κ2) is 15.8. The second-order valence-corrected chi connectivity index (χ2v) is 11.0. The van der Waals surface area contributed by atoms with Crippen molar-refractivity contribution in [2.75, 3.05) is 27.2 Å². The number of carbonyl (C=O) groups is 1. The van der Waals surface area contributed by atoms with Gasteiger partial charge in [-0.1, -0.05) is 93.6 Å². The Bertz CT molecular complexity index is 1120. The molecule has 4 rings (SSSR count). The van der Waals surface area contributed by atoms with Crippen LogP contribution in [0.5, 0.6) is 0 Å². The lowest BCUT2D eigenvalue weighted by atomic mass is 9.89. The molecule has 1 amide bonds. The van der Waals surface area contributed by atoms with Gasteiger partial charge in [0.05, 0.1) is 6.04 Å². The summed E-state index contributed by atoms with van der Waals surface area (Å²) in [5.74, 6) is 0.632. The summed E-state index contributed by atoms with van der Waals surface area (Å²) in [5, 5.41) is 2.53. The lowest BCUT2D eigenvalue weighted by Crippen LogP contribution is -2.55. The third kappa shape index (κ3) is 8.89. The molecule has 39 heavy (non-hydrogen) atoms. The van der Waals surface area contributed by atoms with Crippen LogP contribution in [-0.2, 0) is 11.2 Å². The van der Waals surface area contributed by atoms with Gasteiger partial charge in [-0.25, -0.2) is 0 Å². The normalized spacial score (nSPS) is 18.2. The van der Waals surface area contributed by atoms with Crippen LogP contribution in [0.2, 0.25) is 0 Å². The first kappa shape index (κ1) is 32.5. The van der Waals surface area contributed by atoms with E-state index in [0.717, 1.165) is 38.8 Å². The molecule has 214 valence electrons. The fourth-order valence-corrected chi connectivity index (χ4v) is 5.09. The summed E-state index contributed by atoms with van der Waals surface area (Å²) in [4.78, 5) is 17.9. The van der Waals surface area contributed by atoms with Crippen molar-refractivity contribution < 1.29 is 4.79 Å². The number of nitrogens with two attached hydrogens (primary N) is 2. The zero-order valence-corrected chi connectivity index (χ0v) is 25.4. The number of piperidine rings is 1. The van der Waals surface area contributed by atoms with Crippen molar-refractivity contribution >= 4 is 16.7 Å². The van der Waals surface area contributed by atoms with Crippen LogP contribution in [0.15, 0.2) is 72.8 Å². The highest BCUT2D eigenvalue weighted by Crippen LogP contribution is 2.32. The van der Waals surface area contributed by atoms with Crippen LogP contribution in [0.1, 0.15) is 71.0 Å². The molecule has 0 aromatic heterocycles. The van der Waals surface area contributed by atoms with Gasteiger partial charge in [-0.15, -0.1) is 0 Å². The first-order valence-corrected chi connectivity index (χ1v) is 14.6. The monoisotopic (exact) mass is 532 g/mol. The highest BCUT2D eigenvalue weighted by molar-refractivity contribution is 5.86. The van der Waals surface area contributed by atoms with Crippen LogP contribution < -0.4 is 11.5 Å². The maximum atomic E-state index is 13.5. The predicted octanol–water partition coefficient (Wildman–Crippen LogP) is 6.41. The molecule has 0 saturated carbocycles. The van der Waals surface area contributed by atoms with Crippen molar-refractivity contribution in [3.63, 3.8) is 0 Å². The van der Waals surface area contributed by atoms with Gasteiger partial charge in [0.25, 0.3) is 0 Å². The van der Waals surface area contributed by atoms with Crippen molar-refractivity contribution in [3.8, 4) is 0 Å². The Balaban J connectivity index is 0.000000517. The molecule has 1 heterocycles. The van der Waals surface area contributed by atoms with Gasteiger partial charge in [0.2, 0.25) is 5.91 Å². The van der Waals surface area contributed by atoms with Crippen LogP contribution >= 0.6 is 0 Å². The fourth-order valence-electron chi connectivity index (χ4n) is 5.09. The van der Waals surface area contributed by atoms with E-state index in [2.05, 4.69) is 124 Å². The number of fused-ring (bicyclic) bond motifs is 1. The minimum Gasteiger partial charge on any atom is -0.341 e. The predicted molar refractivity (Wildman–Crippen MR) is 168 cm³/mol. The standard InChI is InChI=1S/C27H32N2O.C6H15N.CH5N/c1-20-16-18-29(19-17-22-10-5-4-6-11-22)27(30)26(20)28(3)21(2)24-15-9-13-23-12-7-8-14-25(23)24;1-4-6(3,7)5-2;1-2/h4-15,20-21,26H,16-19H2,1-3H3;4-5,7H2,1-3H3;2H2,1H3/t20?,21?,26-;;/m0../s1. The number of rotatable bonds is 8. The van der Waals surface area contributed by atoms with Crippen LogP contribution in [0.4, 0.5) is 0 Å². The smallest absolute Gasteiger partial charge is 0.240 e. The number of benzene rings is 3. The summed E-state index contributed by atoms with van der Waals surface area (Å²) in [5.41, 5.74) is 12.9. The summed E-state index contributed by atoms with van der Waals surface area (Å²) in [6.45, 7) is 12.4.